The van der Waals surface area contributed by atoms with Gasteiger partial charge < -0.3 is 27.0 Å². The average Bonchev–Trinajstić information content (AvgIpc) is 2.83. The minimum Gasteiger partial charge on any atom is -0.356 e. The van der Waals surface area contributed by atoms with Crippen molar-refractivity contribution in [3.05, 3.63) is 24.3 Å². The molecule has 0 unspecified atom stereocenters. The summed E-state index contributed by atoms with van der Waals surface area (Å²) in [5.41, 5.74) is 11.6. The molecule has 0 bridgehead atoms. The topological polar surface area (TPSA) is 131 Å². The van der Waals surface area contributed by atoms with Crippen LogP contribution >= 0.6 is 0 Å². The van der Waals surface area contributed by atoms with Crippen LogP contribution in [0.15, 0.2) is 24.3 Å². The maximum atomic E-state index is 12.8. The van der Waals surface area contributed by atoms with E-state index in [2.05, 4.69) is 36.6 Å². The number of nitrogens with two attached hydrogens (primary N) is 2. The second-order valence-corrected chi connectivity index (χ2v) is 8.46. The van der Waals surface area contributed by atoms with E-state index >= 15 is 0 Å². The molecule has 34 heavy (non-hydrogen) atoms. The fourth-order valence-electron chi connectivity index (χ4n) is 3.36. The lowest BCUT2D eigenvalue weighted by Crippen LogP contribution is -2.45. The third-order valence-electron chi connectivity index (χ3n) is 5.33. The minimum atomic E-state index is -0.556. The molecule has 8 heteroatoms. The van der Waals surface area contributed by atoms with Gasteiger partial charge in [0.25, 0.3) is 0 Å². The Kier molecular flexibility index (Phi) is 21.1. The lowest BCUT2D eigenvalue weighted by atomic mass is 10.1. The average molecular weight is 480 g/mol. The Bertz CT molecular complexity index is 607. The molecule has 0 saturated heterocycles. The van der Waals surface area contributed by atoms with Gasteiger partial charge in [-0.15, -0.1) is 0 Å². The van der Waals surface area contributed by atoms with E-state index in [4.69, 9.17) is 11.5 Å². The molecule has 0 radical (unpaired) electrons. The summed E-state index contributed by atoms with van der Waals surface area (Å²) < 4.78 is 0. The van der Waals surface area contributed by atoms with E-state index in [-0.39, 0.29) is 17.7 Å². The summed E-state index contributed by atoms with van der Waals surface area (Å²) in [5, 5.41) is 5.86. The standard InChI is InChI=1S/C26H49N5O3/c1-3-5-7-9-16-24(32)29-19-11-12-21-31(26(34)23(28)15-13-18-27)22-14-20-30-25(33)17-10-8-6-4-2/h5-8,23H,3-4,9-22,27-28H2,1-2H3,(H,29,32)(H,30,33)/b7-5-,8-6-/t23-/m0/s1. The van der Waals surface area contributed by atoms with Crippen LogP contribution in [-0.4, -0.2) is 61.4 Å². The SMILES string of the molecule is CC/C=C\CCC(=O)NCCCCN(CCCNC(=O)CC/C=C\CC)C(=O)[C@@H](N)CCCN. The molecule has 0 heterocycles. The van der Waals surface area contributed by atoms with Crippen LogP contribution in [-0.2, 0) is 14.4 Å². The van der Waals surface area contributed by atoms with Gasteiger partial charge in [0.2, 0.25) is 17.7 Å². The number of allylic oxidation sites excluding steroid dienone is 4. The largest absolute Gasteiger partial charge is 0.356 e. The third-order valence-corrected chi connectivity index (χ3v) is 5.33. The molecular formula is C26H49N5O3. The predicted molar refractivity (Wildman–Crippen MR) is 140 cm³/mol. The highest BCUT2D eigenvalue weighted by molar-refractivity contribution is 5.81. The van der Waals surface area contributed by atoms with Crippen LogP contribution in [0.3, 0.4) is 0 Å². The van der Waals surface area contributed by atoms with Gasteiger partial charge in [0.15, 0.2) is 0 Å². The van der Waals surface area contributed by atoms with Gasteiger partial charge in [-0.05, 0) is 64.3 Å². The lowest BCUT2D eigenvalue weighted by Gasteiger charge is -2.26. The molecule has 0 saturated carbocycles. The number of unbranched alkanes of at least 4 members (excludes halogenated alkanes) is 1. The molecule has 0 aromatic carbocycles. The van der Waals surface area contributed by atoms with Crippen LogP contribution in [0.1, 0.15) is 84.5 Å². The predicted octanol–water partition coefficient (Wildman–Crippen LogP) is 2.78. The molecule has 0 aliphatic heterocycles. The van der Waals surface area contributed by atoms with Gasteiger partial charge in [-0.2, -0.15) is 0 Å². The van der Waals surface area contributed by atoms with Crippen LogP contribution in [0.5, 0.6) is 0 Å². The number of nitrogens with one attached hydrogen (secondary N) is 2. The van der Waals surface area contributed by atoms with Crippen LogP contribution < -0.4 is 22.1 Å². The van der Waals surface area contributed by atoms with Crippen molar-refractivity contribution in [1.29, 1.82) is 0 Å². The van der Waals surface area contributed by atoms with Gasteiger partial charge >= 0.3 is 0 Å². The molecule has 1 atom stereocenters. The number of hydrogen-bond acceptors (Lipinski definition) is 5. The van der Waals surface area contributed by atoms with Crippen LogP contribution in [0.25, 0.3) is 0 Å². The summed E-state index contributed by atoms with van der Waals surface area (Å²) >= 11 is 0. The number of rotatable bonds is 21. The van der Waals surface area contributed by atoms with Crippen molar-refractivity contribution in [2.45, 2.75) is 90.5 Å². The summed E-state index contributed by atoms with van der Waals surface area (Å²) in [6.45, 7) is 6.89. The molecule has 0 aromatic heterocycles. The Hall–Kier alpha value is -2.19. The normalized spacial score (nSPS) is 12.2. The zero-order valence-electron chi connectivity index (χ0n) is 21.5. The van der Waals surface area contributed by atoms with Gasteiger partial charge in [0.05, 0.1) is 6.04 Å². The highest BCUT2D eigenvalue weighted by atomic mass is 16.2. The molecule has 6 N–H and O–H groups in total. The molecule has 0 spiro atoms. The van der Waals surface area contributed by atoms with Crippen molar-refractivity contribution in [3.8, 4) is 0 Å². The van der Waals surface area contributed by atoms with Crippen LogP contribution in [0, 0.1) is 0 Å². The van der Waals surface area contributed by atoms with Gasteiger partial charge in [0, 0.05) is 39.0 Å². The van der Waals surface area contributed by atoms with Gasteiger partial charge in [-0.3, -0.25) is 14.4 Å². The molecule has 0 aliphatic carbocycles. The molecule has 0 fully saturated rings. The first-order chi connectivity index (χ1) is 16.5. The molecule has 3 amide bonds. The quantitative estimate of drug-likeness (QED) is 0.149. The fourth-order valence-corrected chi connectivity index (χ4v) is 3.36. The summed E-state index contributed by atoms with van der Waals surface area (Å²) in [6, 6.07) is -0.556. The zero-order chi connectivity index (χ0) is 25.4. The zero-order valence-corrected chi connectivity index (χ0v) is 21.5. The van der Waals surface area contributed by atoms with Gasteiger partial charge in [-0.25, -0.2) is 0 Å². The van der Waals surface area contributed by atoms with E-state index in [1.54, 1.807) is 4.90 Å². The monoisotopic (exact) mass is 479 g/mol. The van der Waals surface area contributed by atoms with E-state index in [9.17, 15) is 14.4 Å². The maximum absolute atomic E-state index is 12.8. The van der Waals surface area contributed by atoms with E-state index in [0.717, 1.165) is 38.5 Å². The number of amides is 3. The third kappa shape index (κ3) is 18.3. The van der Waals surface area contributed by atoms with Crippen molar-refractivity contribution < 1.29 is 14.4 Å². The Labute approximate surface area is 207 Å². The Morgan fingerprint density at radius 1 is 0.794 bits per heavy atom. The molecule has 0 aliphatic rings. The Morgan fingerprint density at radius 2 is 1.32 bits per heavy atom. The molecule has 0 rings (SSSR count). The first-order valence-electron chi connectivity index (χ1n) is 13.0. The smallest absolute Gasteiger partial charge is 0.239 e. The fraction of sp³-hybridized carbons (Fsp3) is 0.731. The summed E-state index contributed by atoms with van der Waals surface area (Å²) in [6.07, 6.45) is 16.1. The summed E-state index contributed by atoms with van der Waals surface area (Å²) in [7, 11) is 0. The van der Waals surface area contributed by atoms with Gasteiger partial charge in [-0.1, -0.05) is 38.2 Å². The highest BCUT2D eigenvalue weighted by Crippen LogP contribution is 2.04. The summed E-state index contributed by atoms with van der Waals surface area (Å²) in [4.78, 5) is 38.4. The highest BCUT2D eigenvalue weighted by Gasteiger charge is 2.20. The Balaban J connectivity index is 4.37. The van der Waals surface area contributed by atoms with E-state index in [1.807, 2.05) is 12.2 Å². The van der Waals surface area contributed by atoms with Crippen molar-refractivity contribution in [2.24, 2.45) is 11.5 Å². The second-order valence-electron chi connectivity index (χ2n) is 8.46. The first-order valence-corrected chi connectivity index (χ1v) is 13.0. The molecule has 8 nitrogen and oxygen atoms in total. The molecule has 0 aromatic rings. The van der Waals surface area contributed by atoms with Crippen molar-refractivity contribution >= 4 is 17.7 Å². The van der Waals surface area contributed by atoms with Crippen molar-refractivity contribution in [1.82, 2.24) is 15.5 Å². The Morgan fingerprint density at radius 3 is 1.85 bits per heavy atom. The molecular weight excluding hydrogens is 430 g/mol. The van der Waals surface area contributed by atoms with E-state index in [0.29, 0.717) is 64.8 Å². The second kappa shape index (κ2) is 22.6. The first kappa shape index (κ1) is 31.8. The van der Waals surface area contributed by atoms with Crippen molar-refractivity contribution in [3.63, 3.8) is 0 Å². The number of carbonyl (C=O) groups excluding carboxylic acids is 3. The van der Waals surface area contributed by atoms with Gasteiger partial charge in [0.1, 0.15) is 0 Å². The maximum Gasteiger partial charge on any atom is 0.239 e. The lowest BCUT2D eigenvalue weighted by molar-refractivity contribution is -0.133. The van der Waals surface area contributed by atoms with Crippen LogP contribution in [0.2, 0.25) is 0 Å². The number of hydrogen-bond donors (Lipinski definition) is 4. The number of nitrogens with zero attached hydrogens (tertiary/aromatic N) is 1. The number of carbonyl (C=O) groups is 3. The van der Waals surface area contributed by atoms with Crippen molar-refractivity contribution in [2.75, 3.05) is 32.7 Å². The van der Waals surface area contributed by atoms with E-state index in [1.165, 1.54) is 0 Å². The minimum absolute atomic E-state index is 0.0270. The van der Waals surface area contributed by atoms with Crippen LogP contribution in [0.4, 0.5) is 0 Å². The van der Waals surface area contributed by atoms with E-state index < -0.39 is 6.04 Å². The summed E-state index contributed by atoms with van der Waals surface area (Å²) in [5.74, 6) is 0.00819. The molecule has 196 valence electrons.